The van der Waals surface area contributed by atoms with Crippen molar-refractivity contribution in [3.05, 3.63) is 65.6 Å². The molecule has 29 heavy (non-hydrogen) atoms. The Morgan fingerprint density at radius 3 is 2.48 bits per heavy atom. The average molecular weight is 415 g/mol. The quantitative estimate of drug-likeness (QED) is 0.714. The Labute approximate surface area is 169 Å². The molecule has 0 atom stereocenters. The van der Waals surface area contributed by atoms with Gasteiger partial charge >= 0.3 is 0 Å². The fraction of sp³-hybridized carbons (Fsp3) is 0.286. The lowest BCUT2D eigenvalue weighted by molar-refractivity contribution is 0.0765. The molecule has 0 spiro atoms. The lowest BCUT2D eigenvalue weighted by Crippen LogP contribution is -2.37. The number of sulfonamides is 1. The number of aromatic amines is 1. The van der Waals surface area contributed by atoms with Crippen molar-refractivity contribution in [2.24, 2.45) is 0 Å². The Morgan fingerprint density at radius 1 is 1.00 bits per heavy atom. The van der Waals surface area contributed by atoms with Gasteiger partial charge in [-0.3, -0.25) is 4.79 Å². The van der Waals surface area contributed by atoms with E-state index in [0.29, 0.717) is 31.6 Å². The average Bonchev–Trinajstić information content (AvgIpc) is 2.87. The lowest BCUT2D eigenvalue weighted by atomic mass is 10.1. The zero-order chi connectivity index (χ0) is 20.6. The molecule has 0 bridgehead atoms. The Hall–Kier alpha value is -2.71. The van der Waals surface area contributed by atoms with Crippen LogP contribution in [-0.2, 0) is 10.0 Å². The molecule has 152 valence electrons. The van der Waals surface area contributed by atoms with E-state index in [1.807, 2.05) is 31.2 Å². The molecule has 0 aliphatic carbocycles. The predicted octanol–water partition coefficient (Wildman–Crippen LogP) is 3.15. The first-order valence-corrected chi connectivity index (χ1v) is 10.9. The normalized spacial score (nSPS) is 16.1. The van der Waals surface area contributed by atoms with E-state index in [1.165, 1.54) is 16.4 Å². The molecule has 1 N–H and O–H groups in total. The molecule has 0 unspecified atom stereocenters. The summed E-state index contributed by atoms with van der Waals surface area (Å²) in [6.07, 6.45) is 0.535. The molecular weight excluding hydrogens is 393 g/mol. The van der Waals surface area contributed by atoms with E-state index in [-0.39, 0.29) is 17.3 Å². The summed E-state index contributed by atoms with van der Waals surface area (Å²) in [6.45, 7) is 3.17. The van der Waals surface area contributed by atoms with Crippen LogP contribution in [0.4, 0.5) is 4.39 Å². The van der Waals surface area contributed by atoms with Crippen LogP contribution in [0.15, 0.2) is 53.4 Å². The first-order chi connectivity index (χ1) is 13.9. The maximum atomic E-state index is 13.2. The van der Waals surface area contributed by atoms with Crippen molar-refractivity contribution in [1.82, 2.24) is 14.2 Å². The standard InChI is InChI=1S/C21H22FN3O3S/c1-15-20(18-5-2-3-6-19(18)23-15)21(26)24-11-4-12-25(14-13-24)29(27,28)17-9-7-16(22)8-10-17/h2-3,5-10,23H,4,11-14H2,1H3. The highest BCUT2D eigenvalue weighted by atomic mass is 32.2. The van der Waals surface area contributed by atoms with Gasteiger partial charge in [0.2, 0.25) is 10.0 Å². The summed E-state index contributed by atoms with van der Waals surface area (Å²) in [5, 5.41) is 0.870. The molecule has 2 heterocycles. The Bertz CT molecular complexity index is 1160. The lowest BCUT2D eigenvalue weighted by Gasteiger charge is -2.22. The number of H-pyrrole nitrogens is 1. The summed E-state index contributed by atoms with van der Waals surface area (Å²) >= 11 is 0. The number of carbonyl (C=O) groups is 1. The van der Waals surface area contributed by atoms with E-state index in [2.05, 4.69) is 4.98 Å². The van der Waals surface area contributed by atoms with Gasteiger partial charge in [-0.15, -0.1) is 0 Å². The third-order valence-electron chi connectivity index (χ3n) is 5.30. The van der Waals surface area contributed by atoms with Gasteiger partial charge in [0.1, 0.15) is 5.82 Å². The van der Waals surface area contributed by atoms with Crippen LogP contribution >= 0.6 is 0 Å². The van der Waals surface area contributed by atoms with E-state index in [4.69, 9.17) is 0 Å². The second-order valence-electron chi connectivity index (χ2n) is 7.17. The maximum Gasteiger partial charge on any atom is 0.256 e. The number of halogens is 1. The van der Waals surface area contributed by atoms with Gasteiger partial charge in [-0.25, -0.2) is 12.8 Å². The molecule has 6 nitrogen and oxygen atoms in total. The van der Waals surface area contributed by atoms with Crippen LogP contribution in [-0.4, -0.2) is 54.7 Å². The van der Waals surface area contributed by atoms with Crippen LogP contribution in [0, 0.1) is 12.7 Å². The zero-order valence-electron chi connectivity index (χ0n) is 16.1. The van der Waals surface area contributed by atoms with Crippen molar-refractivity contribution in [2.75, 3.05) is 26.2 Å². The van der Waals surface area contributed by atoms with E-state index in [0.717, 1.165) is 28.7 Å². The van der Waals surface area contributed by atoms with Crippen molar-refractivity contribution >= 4 is 26.8 Å². The van der Waals surface area contributed by atoms with Crippen LogP contribution in [0.5, 0.6) is 0 Å². The number of nitrogens with one attached hydrogen (secondary N) is 1. The van der Waals surface area contributed by atoms with E-state index in [1.54, 1.807) is 4.90 Å². The number of aryl methyl sites for hydroxylation is 1. The van der Waals surface area contributed by atoms with Crippen molar-refractivity contribution in [3.63, 3.8) is 0 Å². The summed E-state index contributed by atoms with van der Waals surface area (Å²) < 4.78 is 40.3. The molecule has 1 aliphatic rings. The minimum absolute atomic E-state index is 0.0612. The Morgan fingerprint density at radius 2 is 1.72 bits per heavy atom. The molecule has 0 saturated carbocycles. The minimum Gasteiger partial charge on any atom is -0.358 e. The number of nitrogens with zero attached hydrogens (tertiary/aromatic N) is 2. The molecule has 1 amide bonds. The van der Waals surface area contributed by atoms with Gasteiger partial charge in [-0.2, -0.15) is 4.31 Å². The number of fused-ring (bicyclic) bond motifs is 1. The Balaban J connectivity index is 1.55. The van der Waals surface area contributed by atoms with E-state index in [9.17, 15) is 17.6 Å². The van der Waals surface area contributed by atoms with Gasteiger partial charge in [-0.05, 0) is 43.7 Å². The van der Waals surface area contributed by atoms with Gasteiger partial charge in [0.25, 0.3) is 5.91 Å². The highest BCUT2D eigenvalue weighted by molar-refractivity contribution is 7.89. The predicted molar refractivity (Wildman–Crippen MR) is 109 cm³/mol. The summed E-state index contributed by atoms with van der Waals surface area (Å²) in [7, 11) is -3.73. The Kier molecular flexibility index (Phi) is 5.14. The fourth-order valence-electron chi connectivity index (χ4n) is 3.80. The second kappa shape index (κ2) is 7.61. The van der Waals surface area contributed by atoms with Gasteiger partial charge in [0.05, 0.1) is 10.5 Å². The number of rotatable bonds is 3. The van der Waals surface area contributed by atoms with E-state index < -0.39 is 15.8 Å². The summed E-state index contributed by atoms with van der Waals surface area (Å²) in [5.74, 6) is -0.577. The number of benzene rings is 2. The molecule has 1 aromatic heterocycles. The summed E-state index contributed by atoms with van der Waals surface area (Å²) in [6, 6.07) is 12.5. The largest absolute Gasteiger partial charge is 0.358 e. The van der Waals surface area contributed by atoms with Crippen LogP contribution in [0.3, 0.4) is 0 Å². The topological polar surface area (TPSA) is 73.5 Å². The number of amides is 1. The van der Waals surface area contributed by atoms with E-state index >= 15 is 0 Å². The number of para-hydroxylation sites is 1. The molecular formula is C21H22FN3O3S. The second-order valence-corrected chi connectivity index (χ2v) is 9.11. The third kappa shape index (κ3) is 3.65. The number of hydrogen-bond acceptors (Lipinski definition) is 3. The highest BCUT2D eigenvalue weighted by Gasteiger charge is 2.29. The van der Waals surface area contributed by atoms with Crippen LogP contribution < -0.4 is 0 Å². The molecule has 1 saturated heterocycles. The maximum absolute atomic E-state index is 13.2. The fourth-order valence-corrected chi connectivity index (χ4v) is 5.27. The molecule has 1 fully saturated rings. The highest BCUT2D eigenvalue weighted by Crippen LogP contribution is 2.25. The number of carbonyl (C=O) groups excluding carboxylic acids is 1. The summed E-state index contributed by atoms with van der Waals surface area (Å²) in [5.41, 5.74) is 2.34. The van der Waals surface area contributed by atoms with Crippen molar-refractivity contribution in [3.8, 4) is 0 Å². The van der Waals surface area contributed by atoms with Gasteiger partial charge in [-0.1, -0.05) is 18.2 Å². The smallest absolute Gasteiger partial charge is 0.256 e. The molecule has 3 aromatic rings. The molecule has 1 aliphatic heterocycles. The number of aromatic nitrogens is 1. The van der Waals surface area contributed by atoms with Gasteiger partial charge in [0.15, 0.2) is 0 Å². The van der Waals surface area contributed by atoms with Crippen molar-refractivity contribution in [1.29, 1.82) is 0 Å². The van der Waals surface area contributed by atoms with Gasteiger partial charge in [0, 0.05) is 42.8 Å². The summed E-state index contributed by atoms with van der Waals surface area (Å²) in [4.78, 5) is 18.2. The molecule has 0 radical (unpaired) electrons. The monoisotopic (exact) mass is 415 g/mol. The number of hydrogen-bond donors (Lipinski definition) is 1. The molecule has 8 heteroatoms. The SMILES string of the molecule is Cc1[nH]c2ccccc2c1C(=O)N1CCCN(S(=O)(=O)c2ccc(F)cc2)CC1. The van der Waals surface area contributed by atoms with Gasteiger partial charge < -0.3 is 9.88 Å². The zero-order valence-corrected chi connectivity index (χ0v) is 16.9. The van der Waals surface area contributed by atoms with Crippen molar-refractivity contribution < 1.29 is 17.6 Å². The first-order valence-electron chi connectivity index (χ1n) is 9.50. The molecule has 4 rings (SSSR count). The first kappa shape index (κ1) is 19.6. The minimum atomic E-state index is -3.73. The van der Waals surface area contributed by atoms with Crippen molar-refractivity contribution in [2.45, 2.75) is 18.2 Å². The molecule has 2 aromatic carbocycles. The van der Waals surface area contributed by atoms with Crippen LogP contribution in [0.25, 0.3) is 10.9 Å². The van der Waals surface area contributed by atoms with Crippen LogP contribution in [0.1, 0.15) is 22.5 Å². The third-order valence-corrected chi connectivity index (χ3v) is 7.21. The van der Waals surface area contributed by atoms with Crippen LogP contribution in [0.2, 0.25) is 0 Å².